The minimum atomic E-state index is -0.0730. The van der Waals surface area contributed by atoms with Gasteiger partial charge in [0.05, 0.1) is 7.11 Å². The number of aromatic nitrogens is 3. The summed E-state index contributed by atoms with van der Waals surface area (Å²) in [6.45, 7) is 2.08. The second-order valence-corrected chi connectivity index (χ2v) is 5.79. The predicted octanol–water partition coefficient (Wildman–Crippen LogP) is 3.65. The van der Waals surface area contributed by atoms with Gasteiger partial charge in [0, 0.05) is 11.3 Å². The van der Waals surface area contributed by atoms with Gasteiger partial charge in [-0.05, 0) is 24.6 Å². The molecule has 1 aliphatic heterocycles. The number of hydrogen-bond acceptors (Lipinski definition) is 4. The maximum Gasteiger partial charge on any atom is 0.226 e. The molecule has 3 aromatic rings. The first kappa shape index (κ1) is 14.5. The third-order valence-corrected chi connectivity index (χ3v) is 4.23. The van der Waals surface area contributed by atoms with Gasteiger partial charge in [0.1, 0.15) is 18.1 Å². The summed E-state index contributed by atoms with van der Waals surface area (Å²) in [6, 6.07) is 16.4. The van der Waals surface area contributed by atoms with E-state index in [1.807, 2.05) is 22.9 Å². The molecule has 0 spiro atoms. The second kappa shape index (κ2) is 5.85. The van der Waals surface area contributed by atoms with Gasteiger partial charge in [-0.1, -0.05) is 48.0 Å². The maximum atomic E-state index is 5.54. The smallest absolute Gasteiger partial charge is 0.226 e. The molecule has 0 aliphatic carbocycles. The lowest BCUT2D eigenvalue weighted by Gasteiger charge is -2.25. The fourth-order valence-corrected chi connectivity index (χ4v) is 2.97. The van der Waals surface area contributed by atoms with Gasteiger partial charge in [0.25, 0.3) is 0 Å². The van der Waals surface area contributed by atoms with Crippen LogP contribution in [-0.4, -0.2) is 21.9 Å². The zero-order valence-electron chi connectivity index (χ0n) is 13.6. The molecule has 2 heterocycles. The third-order valence-electron chi connectivity index (χ3n) is 4.23. The van der Waals surface area contributed by atoms with Crippen LogP contribution in [0.25, 0.3) is 5.70 Å². The molecule has 1 aliphatic rings. The fourth-order valence-electron chi connectivity index (χ4n) is 2.97. The molecule has 0 saturated heterocycles. The summed E-state index contributed by atoms with van der Waals surface area (Å²) in [5.74, 6) is 1.56. The molecule has 1 aromatic heterocycles. The molecule has 4 rings (SSSR count). The topological polar surface area (TPSA) is 52.0 Å². The van der Waals surface area contributed by atoms with E-state index in [1.54, 1.807) is 13.4 Å². The Balaban J connectivity index is 1.83. The number of allylic oxidation sites excluding steroid dienone is 1. The SMILES string of the molecule is COc1ccccc1[C@@H]1C=C(c2ccc(C)cc2)Nc2ncnn21. The summed E-state index contributed by atoms with van der Waals surface area (Å²) in [5.41, 5.74) is 4.43. The first-order valence-electron chi connectivity index (χ1n) is 7.84. The van der Waals surface area contributed by atoms with Crippen LogP contribution in [0.1, 0.15) is 22.7 Å². The van der Waals surface area contributed by atoms with Crippen molar-refractivity contribution in [2.75, 3.05) is 12.4 Å². The van der Waals surface area contributed by atoms with Crippen molar-refractivity contribution in [1.29, 1.82) is 0 Å². The number of aryl methyl sites for hydroxylation is 1. The molecule has 1 N–H and O–H groups in total. The lowest BCUT2D eigenvalue weighted by Crippen LogP contribution is -2.20. The van der Waals surface area contributed by atoms with E-state index >= 15 is 0 Å². The van der Waals surface area contributed by atoms with Crippen LogP contribution in [-0.2, 0) is 0 Å². The van der Waals surface area contributed by atoms with Crippen LogP contribution in [0.5, 0.6) is 5.75 Å². The summed E-state index contributed by atoms with van der Waals surface area (Å²) in [4.78, 5) is 4.34. The van der Waals surface area contributed by atoms with Crippen molar-refractivity contribution >= 4 is 11.6 Å². The van der Waals surface area contributed by atoms with Crippen molar-refractivity contribution < 1.29 is 4.74 Å². The van der Waals surface area contributed by atoms with Crippen molar-refractivity contribution in [3.05, 3.63) is 77.6 Å². The number of hydrogen-bond donors (Lipinski definition) is 1. The average molecular weight is 318 g/mol. The van der Waals surface area contributed by atoms with Gasteiger partial charge in [-0.2, -0.15) is 10.1 Å². The molecule has 0 unspecified atom stereocenters. The van der Waals surface area contributed by atoms with Crippen LogP contribution in [0.3, 0.4) is 0 Å². The highest BCUT2D eigenvalue weighted by Crippen LogP contribution is 2.35. The molecule has 0 radical (unpaired) electrons. The number of methoxy groups -OCH3 is 1. The Hall–Kier alpha value is -3.08. The normalized spacial score (nSPS) is 16.1. The van der Waals surface area contributed by atoms with Crippen molar-refractivity contribution in [3.8, 4) is 5.75 Å². The number of nitrogens with one attached hydrogen (secondary N) is 1. The van der Waals surface area contributed by atoms with Crippen LogP contribution in [0.15, 0.2) is 60.9 Å². The van der Waals surface area contributed by atoms with E-state index in [2.05, 4.69) is 58.7 Å². The summed E-state index contributed by atoms with van der Waals surface area (Å²) < 4.78 is 7.41. The molecule has 1 atom stereocenters. The van der Waals surface area contributed by atoms with Gasteiger partial charge in [-0.15, -0.1) is 0 Å². The van der Waals surface area contributed by atoms with Crippen LogP contribution >= 0.6 is 0 Å². The average Bonchev–Trinajstić information content (AvgIpc) is 3.10. The number of benzene rings is 2. The van der Waals surface area contributed by atoms with Gasteiger partial charge < -0.3 is 10.1 Å². The van der Waals surface area contributed by atoms with Crippen LogP contribution in [0.2, 0.25) is 0 Å². The van der Waals surface area contributed by atoms with E-state index in [9.17, 15) is 0 Å². The van der Waals surface area contributed by atoms with E-state index in [1.165, 1.54) is 5.56 Å². The number of rotatable bonds is 3. The quantitative estimate of drug-likeness (QED) is 0.801. The molecular formula is C19H18N4O. The number of ether oxygens (including phenoxy) is 1. The standard InChI is InChI=1S/C19H18N4O/c1-13-7-9-14(10-8-13)16-11-17(23-19(22-16)20-12-21-23)15-5-3-4-6-18(15)24-2/h3-12,17H,1-2H3,(H,20,21,22)/t17-/m0/s1. The highest BCUT2D eigenvalue weighted by Gasteiger charge is 2.25. The number of fused-ring (bicyclic) bond motifs is 1. The summed E-state index contributed by atoms with van der Waals surface area (Å²) >= 11 is 0. The van der Waals surface area contributed by atoms with E-state index in [-0.39, 0.29) is 6.04 Å². The Labute approximate surface area is 140 Å². The Morgan fingerprint density at radius 1 is 1.08 bits per heavy atom. The Bertz CT molecular complexity index is 896. The molecule has 0 amide bonds. The van der Waals surface area contributed by atoms with Crippen molar-refractivity contribution in [3.63, 3.8) is 0 Å². The van der Waals surface area contributed by atoms with Gasteiger partial charge in [0.2, 0.25) is 5.95 Å². The van der Waals surface area contributed by atoms with Crippen LogP contribution in [0, 0.1) is 6.92 Å². The highest BCUT2D eigenvalue weighted by molar-refractivity contribution is 5.77. The molecule has 0 saturated carbocycles. The molecule has 0 bridgehead atoms. The Kier molecular flexibility index (Phi) is 3.54. The highest BCUT2D eigenvalue weighted by atomic mass is 16.5. The maximum absolute atomic E-state index is 5.54. The van der Waals surface area contributed by atoms with E-state index < -0.39 is 0 Å². The minimum absolute atomic E-state index is 0.0730. The van der Waals surface area contributed by atoms with Crippen LogP contribution in [0.4, 0.5) is 5.95 Å². The molecule has 5 nitrogen and oxygen atoms in total. The van der Waals surface area contributed by atoms with Crippen molar-refractivity contribution in [1.82, 2.24) is 14.8 Å². The molecule has 120 valence electrons. The van der Waals surface area contributed by atoms with Gasteiger partial charge >= 0.3 is 0 Å². The van der Waals surface area contributed by atoms with Crippen molar-refractivity contribution in [2.45, 2.75) is 13.0 Å². The number of para-hydroxylation sites is 1. The zero-order chi connectivity index (χ0) is 16.5. The third kappa shape index (κ3) is 2.44. The largest absolute Gasteiger partial charge is 0.496 e. The molecule has 2 aromatic carbocycles. The van der Waals surface area contributed by atoms with Gasteiger partial charge in [-0.25, -0.2) is 4.68 Å². The minimum Gasteiger partial charge on any atom is -0.496 e. The fraction of sp³-hybridized carbons (Fsp3) is 0.158. The van der Waals surface area contributed by atoms with Gasteiger partial charge in [0.15, 0.2) is 0 Å². The lowest BCUT2D eigenvalue weighted by molar-refractivity contribution is 0.404. The summed E-state index contributed by atoms with van der Waals surface area (Å²) in [6.07, 6.45) is 3.72. The Morgan fingerprint density at radius 3 is 2.67 bits per heavy atom. The monoisotopic (exact) mass is 318 g/mol. The van der Waals surface area contributed by atoms with Gasteiger partial charge in [-0.3, -0.25) is 0 Å². The number of anilines is 1. The zero-order valence-corrected chi connectivity index (χ0v) is 13.6. The molecule has 24 heavy (non-hydrogen) atoms. The summed E-state index contributed by atoms with van der Waals surface area (Å²) in [7, 11) is 1.69. The van der Waals surface area contributed by atoms with Crippen LogP contribution < -0.4 is 10.1 Å². The predicted molar refractivity (Wildman–Crippen MR) is 93.9 cm³/mol. The lowest BCUT2D eigenvalue weighted by atomic mass is 10.0. The van der Waals surface area contributed by atoms with E-state index in [0.29, 0.717) is 0 Å². The molecule has 5 heteroatoms. The number of nitrogens with zero attached hydrogens (tertiary/aromatic N) is 3. The summed E-state index contributed by atoms with van der Waals surface area (Å²) in [5, 5.41) is 7.73. The van der Waals surface area contributed by atoms with Crippen molar-refractivity contribution in [2.24, 2.45) is 0 Å². The molecular weight excluding hydrogens is 300 g/mol. The van der Waals surface area contributed by atoms with E-state index in [0.717, 1.165) is 28.5 Å². The second-order valence-electron chi connectivity index (χ2n) is 5.79. The first-order valence-corrected chi connectivity index (χ1v) is 7.84. The Morgan fingerprint density at radius 2 is 1.88 bits per heavy atom. The van der Waals surface area contributed by atoms with E-state index in [4.69, 9.17) is 4.74 Å². The first-order chi connectivity index (χ1) is 11.8. The molecule has 0 fully saturated rings.